The molecule has 0 radical (unpaired) electrons. The van der Waals surface area contributed by atoms with Gasteiger partial charge in [0.15, 0.2) is 0 Å². The van der Waals surface area contributed by atoms with E-state index in [4.69, 9.17) is 14.2 Å². The van der Waals surface area contributed by atoms with Crippen LogP contribution in [0.3, 0.4) is 0 Å². The van der Waals surface area contributed by atoms with E-state index in [-0.39, 0.29) is 29.8 Å². The van der Waals surface area contributed by atoms with Gasteiger partial charge in [-0.25, -0.2) is 9.59 Å². The molecule has 0 aliphatic heterocycles. The Balaban J connectivity index is 2.69. The van der Waals surface area contributed by atoms with Gasteiger partial charge >= 0.3 is 17.9 Å². The summed E-state index contributed by atoms with van der Waals surface area (Å²) >= 11 is 0. The van der Waals surface area contributed by atoms with Crippen LogP contribution in [0.5, 0.6) is 0 Å². The van der Waals surface area contributed by atoms with Crippen molar-refractivity contribution in [1.82, 2.24) is 4.57 Å². The van der Waals surface area contributed by atoms with Crippen molar-refractivity contribution in [2.24, 2.45) is 0 Å². The number of methoxy groups -OCH3 is 2. The predicted octanol–water partition coefficient (Wildman–Crippen LogP) is 2.52. The van der Waals surface area contributed by atoms with Crippen molar-refractivity contribution in [2.45, 2.75) is 26.8 Å². The molecular weight excluding hydrogens is 350 g/mol. The molecular formula is C20H23NO6. The molecule has 0 bridgehead atoms. The minimum atomic E-state index is -0.636. The highest BCUT2D eigenvalue weighted by atomic mass is 16.5. The summed E-state index contributed by atoms with van der Waals surface area (Å²) < 4.78 is 16.5. The number of carbonyl (C=O) groups excluding carboxylic acids is 3. The summed E-state index contributed by atoms with van der Waals surface area (Å²) in [5.41, 5.74) is 2.05. The third-order valence-electron chi connectivity index (χ3n) is 4.21. The van der Waals surface area contributed by atoms with Crippen molar-refractivity contribution in [3.8, 4) is 0 Å². The third kappa shape index (κ3) is 4.36. The lowest BCUT2D eigenvalue weighted by atomic mass is 10.1. The molecule has 7 heteroatoms. The summed E-state index contributed by atoms with van der Waals surface area (Å²) in [5.74, 6) is -1.79. The van der Waals surface area contributed by atoms with Crippen LogP contribution in [0.15, 0.2) is 30.3 Å². The van der Waals surface area contributed by atoms with Gasteiger partial charge < -0.3 is 18.8 Å². The minimum Gasteiger partial charge on any atom is -0.469 e. The maximum atomic E-state index is 12.5. The standard InChI is InChI=1S/C20H23NO6/c1-5-27-19(23)17-13(2)21(12-14-9-7-6-8-10-14)18(20(24)26-4)15(17)11-16(22)25-3/h6-10H,5,11-12H2,1-4H3. The highest BCUT2D eigenvalue weighted by Crippen LogP contribution is 2.27. The Kier molecular flexibility index (Phi) is 6.76. The topological polar surface area (TPSA) is 83.8 Å². The smallest absolute Gasteiger partial charge is 0.355 e. The number of aromatic nitrogens is 1. The van der Waals surface area contributed by atoms with Gasteiger partial charge in [-0.1, -0.05) is 30.3 Å². The summed E-state index contributed by atoms with van der Waals surface area (Å²) in [4.78, 5) is 37.0. The molecule has 1 aromatic heterocycles. The lowest BCUT2D eigenvalue weighted by molar-refractivity contribution is -0.139. The Hall–Kier alpha value is -3.09. The molecule has 2 rings (SSSR count). The van der Waals surface area contributed by atoms with E-state index in [1.165, 1.54) is 14.2 Å². The number of carbonyl (C=O) groups is 3. The number of ether oxygens (including phenoxy) is 3. The van der Waals surface area contributed by atoms with Crippen molar-refractivity contribution in [2.75, 3.05) is 20.8 Å². The minimum absolute atomic E-state index is 0.146. The van der Waals surface area contributed by atoms with Gasteiger partial charge in [0.2, 0.25) is 0 Å². The zero-order valence-electron chi connectivity index (χ0n) is 15.9. The number of hydrogen-bond donors (Lipinski definition) is 0. The first kappa shape index (κ1) is 20.2. The maximum Gasteiger partial charge on any atom is 0.355 e. The van der Waals surface area contributed by atoms with Gasteiger partial charge in [0.25, 0.3) is 0 Å². The largest absolute Gasteiger partial charge is 0.469 e. The zero-order chi connectivity index (χ0) is 20.0. The van der Waals surface area contributed by atoms with E-state index < -0.39 is 17.9 Å². The number of esters is 3. The molecule has 27 heavy (non-hydrogen) atoms. The Morgan fingerprint density at radius 2 is 1.67 bits per heavy atom. The van der Waals surface area contributed by atoms with Crippen LogP contribution in [-0.4, -0.2) is 43.3 Å². The fourth-order valence-corrected chi connectivity index (χ4v) is 2.96. The van der Waals surface area contributed by atoms with Crippen molar-refractivity contribution >= 4 is 17.9 Å². The van der Waals surface area contributed by atoms with Gasteiger partial charge in [-0.3, -0.25) is 4.79 Å². The van der Waals surface area contributed by atoms with Gasteiger partial charge in [-0.2, -0.15) is 0 Å². The van der Waals surface area contributed by atoms with E-state index in [0.717, 1.165) is 5.56 Å². The van der Waals surface area contributed by atoms with Crippen LogP contribution in [0.2, 0.25) is 0 Å². The maximum absolute atomic E-state index is 12.5. The third-order valence-corrected chi connectivity index (χ3v) is 4.21. The van der Waals surface area contributed by atoms with Crippen LogP contribution >= 0.6 is 0 Å². The van der Waals surface area contributed by atoms with Crippen molar-refractivity contribution in [3.05, 3.63) is 58.4 Å². The van der Waals surface area contributed by atoms with E-state index in [0.29, 0.717) is 12.2 Å². The van der Waals surface area contributed by atoms with Gasteiger partial charge in [-0.05, 0) is 19.4 Å². The monoisotopic (exact) mass is 373 g/mol. The second-order valence-electron chi connectivity index (χ2n) is 5.82. The molecule has 2 aromatic rings. The summed E-state index contributed by atoms with van der Waals surface area (Å²) in [6.45, 7) is 3.91. The van der Waals surface area contributed by atoms with Crippen LogP contribution in [0, 0.1) is 6.92 Å². The summed E-state index contributed by atoms with van der Waals surface area (Å²) in [5, 5.41) is 0. The molecule has 7 nitrogen and oxygen atoms in total. The average molecular weight is 373 g/mol. The molecule has 144 valence electrons. The first-order chi connectivity index (χ1) is 12.9. The van der Waals surface area contributed by atoms with E-state index in [1.807, 2.05) is 30.3 Å². The molecule has 0 aliphatic rings. The molecule has 0 saturated heterocycles. The van der Waals surface area contributed by atoms with Crippen molar-refractivity contribution in [1.29, 1.82) is 0 Å². The molecule has 0 unspecified atom stereocenters. The lowest BCUT2D eigenvalue weighted by Gasteiger charge is -2.11. The number of benzene rings is 1. The SMILES string of the molecule is CCOC(=O)c1c(CC(=O)OC)c(C(=O)OC)n(Cc2ccccc2)c1C. The number of rotatable bonds is 7. The zero-order valence-corrected chi connectivity index (χ0v) is 15.9. The van der Waals surface area contributed by atoms with Crippen LogP contribution < -0.4 is 0 Å². The van der Waals surface area contributed by atoms with E-state index >= 15 is 0 Å². The molecule has 0 spiro atoms. The van der Waals surface area contributed by atoms with Gasteiger partial charge in [-0.15, -0.1) is 0 Å². The molecule has 1 aromatic carbocycles. The molecule has 1 heterocycles. The predicted molar refractivity (Wildman–Crippen MR) is 97.7 cm³/mol. The van der Waals surface area contributed by atoms with Gasteiger partial charge in [0.05, 0.1) is 32.8 Å². The fraction of sp³-hybridized carbons (Fsp3) is 0.350. The fourth-order valence-electron chi connectivity index (χ4n) is 2.96. The molecule has 0 N–H and O–H groups in total. The summed E-state index contributed by atoms with van der Waals surface area (Å²) in [7, 11) is 2.50. The Morgan fingerprint density at radius 1 is 1.00 bits per heavy atom. The van der Waals surface area contributed by atoms with E-state index in [9.17, 15) is 14.4 Å². The molecule has 0 atom stereocenters. The van der Waals surface area contributed by atoms with E-state index in [2.05, 4.69) is 0 Å². The van der Waals surface area contributed by atoms with Gasteiger partial charge in [0.1, 0.15) is 5.69 Å². The number of nitrogens with zero attached hydrogens (tertiary/aromatic N) is 1. The second kappa shape index (κ2) is 9.02. The quantitative estimate of drug-likeness (QED) is 0.548. The van der Waals surface area contributed by atoms with Crippen LogP contribution in [0.25, 0.3) is 0 Å². The van der Waals surface area contributed by atoms with Crippen LogP contribution in [-0.2, 0) is 32.0 Å². The Labute approximate surface area is 157 Å². The normalized spacial score (nSPS) is 10.4. The first-order valence-electron chi connectivity index (χ1n) is 8.52. The Morgan fingerprint density at radius 3 is 2.22 bits per heavy atom. The second-order valence-corrected chi connectivity index (χ2v) is 5.82. The lowest BCUT2D eigenvalue weighted by Crippen LogP contribution is -2.16. The summed E-state index contributed by atoms with van der Waals surface area (Å²) in [6, 6.07) is 9.47. The highest BCUT2D eigenvalue weighted by molar-refractivity contribution is 6.00. The van der Waals surface area contributed by atoms with Crippen molar-refractivity contribution in [3.63, 3.8) is 0 Å². The highest BCUT2D eigenvalue weighted by Gasteiger charge is 2.31. The van der Waals surface area contributed by atoms with Crippen molar-refractivity contribution < 1.29 is 28.6 Å². The molecule has 0 aliphatic carbocycles. The Bertz CT molecular complexity index is 838. The molecule has 0 fully saturated rings. The molecule has 0 saturated carbocycles. The van der Waals surface area contributed by atoms with E-state index in [1.54, 1.807) is 18.4 Å². The van der Waals surface area contributed by atoms with Gasteiger partial charge in [0, 0.05) is 17.8 Å². The van der Waals surface area contributed by atoms with Crippen LogP contribution in [0.4, 0.5) is 0 Å². The summed E-state index contributed by atoms with van der Waals surface area (Å²) in [6.07, 6.45) is -0.238. The molecule has 0 amide bonds. The van der Waals surface area contributed by atoms with Crippen LogP contribution in [0.1, 0.15) is 44.6 Å². The number of hydrogen-bond acceptors (Lipinski definition) is 6. The average Bonchev–Trinajstić information content (AvgIpc) is 2.93. The first-order valence-corrected chi connectivity index (χ1v) is 8.52.